The molecule has 1 aromatic rings. The summed E-state index contributed by atoms with van der Waals surface area (Å²) in [6, 6.07) is 5.92. The Morgan fingerprint density at radius 2 is 1.92 bits per heavy atom. The number of hydrogen-bond acceptors (Lipinski definition) is 3. The summed E-state index contributed by atoms with van der Waals surface area (Å²) in [6.45, 7) is 7.77. The zero-order valence-electron chi connectivity index (χ0n) is 15.7. The molecule has 140 valence electrons. The van der Waals surface area contributed by atoms with Crippen LogP contribution < -0.4 is 15.4 Å². The van der Waals surface area contributed by atoms with Gasteiger partial charge in [0, 0.05) is 27.2 Å². The van der Waals surface area contributed by atoms with Crippen molar-refractivity contribution in [3.05, 3.63) is 30.1 Å². The van der Waals surface area contributed by atoms with Crippen LogP contribution in [0, 0.1) is 11.2 Å². The van der Waals surface area contributed by atoms with E-state index in [4.69, 9.17) is 4.74 Å². The van der Waals surface area contributed by atoms with Gasteiger partial charge < -0.3 is 20.3 Å². The highest BCUT2D eigenvalue weighted by Crippen LogP contribution is 2.14. The van der Waals surface area contributed by atoms with E-state index >= 15 is 0 Å². The lowest BCUT2D eigenvalue weighted by atomic mass is 9.92. The van der Waals surface area contributed by atoms with Crippen molar-refractivity contribution >= 4 is 11.9 Å². The molecule has 0 aliphatic carbocycles. The van der Waals surface area contributed by atoms with Crippen LogP contribution in [0.15, 0.2) is 29.3 Å². The van der Waals surface area contributed by atoms with Gasteiger partial charge in [-0.2, -0.15) is 0 Å². The molecule has 0 radical (unpaired) electrons. The van der Waals surface area contributed by atoms with Crippen molar-refractivity contribution in [1.82, 2.24) is 15.5 Å². The number of halogens is 1. The van der Waals surface area contributed by atoms with Crippen molar-refractivity contribution in [2.75, 3.05) is 40.3 Å². The van der Waals surface area contributed by atoms with Gasteiger partial charge in [-0.1, -0.05) is 0 Å². The molecule has 0 heterocycles. The summed E-state index contributed by atoms with van der Waals surface area (Å²) < 4.78 is 18.4. The lowest BCUT2D eigenvalue weighted by Crippen LogP contribution is -2.48. The lowest BCUT2D eigenvalue weighted by molar-refractivity contribution is -0.128. The van der Waals surface area contributed by atoms with Crippen molar-refractivity contribution in [1.29, 1.82) is 0 Å². The second-order valence-electron chi connectivity index (χ2n) is 6.37. The van der Waals surface area contributed by atoms with Crippen LogP contribution in [0.1, 0.15) is 20.8 Å². The number of nitrogens with zero attached hydrogens (tertiary/aromatic N) is 2. The maximum Gasteiger partial charge on any atom is 0.227 e. The molecule has 1 aromatic carbocycles. The average Bonchev–Trinajstić information content (AvgIpc) is 2.57. The van der Waals surface area contributed by atoms with E-state index in [1.54, 1.807) is 19.2 Å². The number of nitrogens with one attached hydrogen (secondary N) is 2. The van der Waals surface area contributed by atoms with Gasteiger partial charge in [0.05, 0.1) is 12.0 Å². The quantitative estimate of drug-likeness (QED) is 0.554. The lowest BCUT2D eigenvalue weighted by Gasteiger charge is -2.28. The largest absolute Gasteiger partial charge is 0.492 e. The second kappa shape index (κ2) is 9.86. The first kappa shape index (κ1) is 20.7. The number of guanidine groups is 1. The fraction of sp³-hybridized carbons (Fsp3) is 0.556. The molecule has 1 amide bonds. The SMILES string of the molecule is CCNC(=O)C(C)(C)CNC(=NC)N(C)CCOc1ccc(F)cc1. The number of ether oxygens (including phenoxy) is 1. The molecular formula is C18H29FN4O2. The van der Waals surface area contributed by atoms with Crippen LogP contribution in [-0.4, -0.2) is 57.1 Å². The molecule has 0 atom stereocenters. The minimum absolute atomic E-state index is 0.000231. The summed E-state index contributed by atoms with van der Waals surface area (Å²) >= 11 is 0. The topological polar surface area (TPSA) is 66.0 Å². The zero-order valence-corrected chi connectivity index (χ0v) is 15.7. The Morgan fingerprint density at radius 1 is 1.28 bits per heavy atom. The molecule has 25 heavy (non-hydrogen) atoms. The number of likely N-dealkylation sites (N-methyl/N-ethyl adjacent to an activating group) is 1. The third-order valence-corrected chi connectivity index (χ3v) is 3.72. The average molecular weight is 352 g/mol. The molecule has 0 aliphatic heterocycles. The van der Waals surface area contributed by atoms with Crippen LogP contribution in [0.4, 0.5) is 4.39 Å². The van der Waals surface area contributed by atoms with Crippen molar-refractivity contribution in [3.63, 3.8) is 0 Å². The Hall–Kier alpha value is -2.31. The molecule has 0 aromatic heterocycles. The Morgan fingerprint density at radius 3 is 2.48 bits per heavy atom. The van der Waals surface area contributed by atoms with Crippen LogP contribution in [0.25, 0.3) is 0 Å². The molecule has 6 nitrogen and oxygen atoms in total. The van der Waals surface area contributed by atoms with E-state index in [-0.39, 0.29) is 11.7 Å². The van der Waals surface area contributed by atoms with Crippen LogP contribution in [0.5, 0.6) is 5.75 Å². The third kappa shape index (κ3) is 6.99. The van der Waals surface area contributed by atoms with Gasteiger partial charge in [-0.3, -0.25) is 9.79 Å². The number of hydrogen-bond donors (Lipinski definition) is 2. The normalized spacial score (nSPS) is 11.8. The molecule has 0 spiro atoms. The summed E-state index contributed by atoms with van der Waals surface area (Å²) in [7, 11) is 3.58. The standard InChI is InChI=1S/C18H29FN4O2/c1-6-21-16(24)18(2,3)13-22-17(20-4)23(5)11-12-25-15-9-7-14(19)8-10-15/h7-10H,6,11-13H2,1-5H3,(H,20,22)(H,21,24). The minimum atomic E-state index is -0.544. The summed E-state index contributed by atoms with van der Waals surface area (Å²) in [5.74, 6) is 1.01. The number of aliphatic imine (C=N–C) groups is 1. The van der Waals surface area contributed by atoms with Gasteiger partial charge in [0.2, 0.25) is 5.91 Å². The second-order valence-corrected chi connectivity index (χ2v) is 6.37. The first-order valence-corrected chi connectivity index (χ1v) is 8.38. The van der Waals surface area contributed by atoms with Gasteiger partial charge in [0.15, 0.2) is 5.96 Å². The Bertz CT molecular complexity index is 573. The van der Waals surface area contributed by atoms with Gasteiger partial charge in [-0.05, 0) is 45.0 Å². The molecule has 1 rings (SSSR count). The van der Waals surface area contributed by atoms with Crippen LogP contribution in [0.3, 0.4) is 0 Å². The van der Waals surface area contributed by atoms with Gasteiger partial charge in [-0.15, -0.1) is 0 Å². The Balaban J connectivity index is 2.45. The predicted molar refractivity (Wildman–Crippen MR) is 98.4 cm³/mol. The summed E-state index contributed by atoms with van der Waals surface area (Å²) in [5.41, 5.74) is -0.544. The number of rotatable bonds is 8. The molecule has 0 saturated carbocycles. The molecule has 7 heteroatoms. The Kier molecular flexibility index (Phi) is 8.18. The van der Waals surface area contributed by atoms with E-state index in [1.807, 2.05) is 32.7 Å². The smallest absolute Gasteiger partial charge is 0.227 e. The highest BCUT2D eigenvalue weighted by molar-refractivity contribution is 5.84. The number of benzene rings is 1. The number of amides is 1. The summed E-state index contributed by atoms with van der Waals surface area (Å²) in [5, 5.41) is 6.05. The fourth-order valence-electron chi connectivity index (χ4n) is 2.10. The van der Waals surface area contributed by atoms with Gasteiger partial charge >= 0.3 is 0 Å². The first-order valence-electron chi connectivity index (χ1n) is 8.38. The first-order chi connectivity index (χ1) is 11.8. The van der Waals surface area contributed by atoms with E-state index in [0.29, 0.717) is 38.0 Å². The van der Waals surface area contributed by atoms with Crippen LogP contribution in [-0.2, 0) is 4.79 Å². The molecule has 0 bridgehead atoms. The maximum absolute atomic E-state index is 12.9. The summed E-state index contributed by atoms with van der Waals surface area (Å²) in [6.07, 6.45) is 0. The number of carbonyl (C=O) groups excluding carboxylic acids is 1. The molecular weight excluding hydrogens is 323 g/mol. The minimum Gasteiger partial charge on any atom is -0.492 e. The predicted octanol–water partition coefficient (Wildman–Crippen LogP) is 1.87. The molecule has 0 fully saturated rings. The van der Waals surface area contributed by atoms with E-state index in [2.05, 4.69) is 15.6 Å². The van der Waals surface area contributed by atoms with Crippen molar-refractivity contribution in [2.24, 2.45) is 10.4 Å². The molecule has 0 aliphatic rings. The van der Waals surface area contributed by atoms with Crippen molar-refractivity contribution in [2.45, 2.75) is 20.8 Å². The van der Waals surface area contributed by atoms with E-state index in [9.17, 15) is 9.18 Å². The molecule has 0 saturated heterocycles. The van der Waals surface area contributed by atoms with Crippen molar-refractivity contribution in [3.8, 4) is 5.75 Å². The van der Waals surface area contributed by atoms with Gasteiger partial charge in [0.25, 0.3) is 0 Å². The van der Waals surface area contributed by atoms with E-state index in [0.717, 1.165) is 0 Å². The van der Waals surface area contributed by atoms with E-state index < -0.39 is 5.41 Å². The molecule has 0 unspecified atom stereocenters. The molecule has 2 N–H and O–H groups in total. The number of carbonyl (C=O) groups is 1. The highest BCUT2D eigenvalue weighted by atomic mass is 19.1. The van der Waals surface area contributed by atoms with Gasteiger partial charge in [0.1, 0.15) is 18.2 Å². The Labute approximate surface area is 149 Å². The highest BCUT2D eigenvalue weighted by Gasteiger charge is 2.27. The fourth-order valence-corrected chi connectivity index (χ4v) is 2.10. The monoisotopic (exact) mass is 352 g/mol. The van der Waals surface area contributed by atoms with Gasteiger partial charge in [-0.25, -0.2) is 4.39 Å². The maximum atomic E-state index is 12.9. The third-order valence-electron chi connectivity index (χ3n) is 3.72. The van der Waals surface area contributed by atoms with Crippen LogP contribution >= 0.6 is 0 Å². The summed E-state index contributed by atoms with van der Waals surface area (Å²) in [4.78, 5) is 18.2. The van der Waals surface area contributed by atoms with Crippen LogP contribution in [0.2, 0.25) is 0 Å². The van der Waals surface area contributed by atoms with Crippen molar-refractivity contribution < 1.29 is 13.9 Å². The zero-order chi connectivity index (χ0) is 18.9. The van der Waals surface area contributed by atoms with E-state index in [1.165, 1.54) is 12.1 Å².